The molecule has 0 fully saturated rings. The van der Waals surface area contributed by atoms with Crippen LogP contribution in [-0.2, 0) is 11.8 Å². The van der Waals surface area contributed by atoms with Crippen LogP contribution in [0.2, 0.25) is 0 Å². The van der Waals surface area contributed by atoms with E-state index in [4.69, 9.17) is 9.47 Å². The van der Waals surface area contributed by atoms with Crippen molar-refractivity contribution in [1.82, 2.24) is 4.90 Å². The van der Waals surface area contributed by atoms with Crippen molar-refractivity contribution < 1.29 is 19.7 Å². The molecule has 1 unspecified atom stereocenters. The molecule has 0 aromatic heterocycles. The van der Waals surface area contributed by atoms with Crippen molar-refractivity contribution in [1.29, 1.82) is 5.26 Å². The number of methoxy groups -OCH3 is 2. The van der Waals surface area contributed by atoms with Gasteiger partial charge >= 0.3 is 0 Å². The van der Waals surface area contributed by atoms with E-state index in [0.29, 0.717) is 17.9 Å². The quantitative estimate of drug-likeness (QED) is 0.551. The molecule has 0 bridgehead atoms. The number of rotatable bonds is 11. The molecule has 0 aliphatic heterocycles. The molecule has 6 nitrogen and oxygen atoms in total. The minimum absolute atomic E-state index is 0.0763. The molecule has 1 atom stereocenters. The van der Waals surface area contributed by atoms with Crippen LogP contribution >= 0.6 is 0 Å². The summed E-state index contributed by atoms with van der Waals surface area (Å²) in [5, 5.41) is 29.8. The fourth-order valence-corrected chi connectivity index (χ4v) is 3.91. The Bertz CT molecular complexity index is 907. The lowest BCUT2D eigenvalue weighted by Gasteiger charge is -2.32. The molecule has 0 amide bonds. The Kier molecular flexibility index (Phi) is 8.58. The van der Waals surface area contributed by atoms with Gasteiger partial charge in [0.2, 0.25) is 0 Å². The number of phenolic OH excluding ortho intramolecular Hbond substituents is 2. The van der Waals surface area contributed by atoms with Crippen LogP contribution in [0, 0.1) is 17.2 Å². The fourth-order valence-electron chi connectivity index (χ4n) is 3.91. The number of benzene rings is 2. The Labute approximate surface area is 185 Å². The number of nitrogens with zero attached hydrogens (tertiary/aromatic N) is 2. The number of hydrogen-bond donors (Lipinski definition) is 2. The number of aromatic hydroxyl groups is 2. The smallest absolute Gasteiger partial charge is 0.160 e. The molecule has 6 heteroatoms. The van der Waals surface area contributed by atoms with Crippen LogP contribution in [0.3, 0.4) is 0 Å². The van der Waals surface area contributed by atoms with E-state index < -0.39 is 5.41 Å². The Balaban J connectivity index is 2.00. The van der Waals surface area contributed by atoms with Crippen LogP contribution in [0.4, 0.5) is 0 Å². The van der Waals surface area contributed by atoms with Crippen molar-refractivity contribution in [2.45, 2.75) is 38.5 Å². The third-order valence-corrected chi connectivity index (χ3v) is 6.02. The monoisotopic (exact) mass is 426 g/mol. The Morgan fingerprint density at radius 1 is 1.00 bits per heavy atom. The highest BCUT2D eigenvalue weighted by atomic mass is 16.5. The number of phenols is 2. The van der Waals surface area contributed by atoms with Gasteiger partial charge in [0.05, 0.1) is 25.7 Å². The Morgan fingerprint density at radius 2 is 1.61 bits per heavy atom. The first-order valence-electron chi connectivity index (χ1n) is 10.6. The van der Waals surface area contributed by atoms with Crippen LogP contribution in [0.15, 0.2) is 36.4 Å². The minimum atomic E-state index is -0.647. The first-order chi connectivity index (χ1) is 14.8. The number of nitriles is 1. The van der Waals surface area contributed by atoms with Gasteiger partial charge in [-0.2, -0.15) is 5.26 Å². The predicted molar refractivity (Wildman–Crippen MR) is 122 cm³/mol. The molecule has 2 rings (SSSR count). The maximum Gasteiger partial charge on any atom is 0.160 e. The second-order valence-electron chi connectivity index (χ2n) is 8.29. The van der Waals surface area contributed by atoms with Gasteiger partial charge in [0, 0.05) is 6.54 Å². The summed E-state index contributed by atoms with van der Waals surface area (Å²) in [4.78, 5) is 2.25. The molecule has 0 spiro atoms. The zero-order valence-electron chi connectivity index (χ0n) is 19.2. The largest absolute Gasteiger partial charge is 0.504 e. The second-order valence-corrected chi connectivity index (χ2v) is 8.29. The lowest BCUT2D eigenvalue weighted by molar-refractivity contribution is 0.292. The van der Waals surface area contributed by atoms with Gasteiger partial charge in [0.25, 0.3) is 0 Å². The average Bonchev–Trinajstić information content (AvgIpc) is 2.76. The first-order valence-corrected chi connectivity index (χ1v) is 10.6. The third-order valence-electron chi connectivity index (χ3n) is 6.02. The molecule has 2 aromatic carbocycles. The molecular weight excluding hydrogens is 392 g/mol. The van der Waals surface area contributed by atoms with E-state index in [1.165, 1.54) is 7.11 Å². The molecule has 2 aromatic rings. The summed E-state index contributed by atoms with van der Waals surface area (Å²) in [5.74, 6) is 1.21. The van der Waals surface area contributed by atoms with E-state index in [2.05, 4.69) is 31.9 Å². The molecule has 168 valence electrons. The van der Waals surface area contributed by atoms with Gasteiger partial charge in [-0.05, 0) is 74.2 Å². The van der Waals surface area contributed by atoms with E-state index in [1.807, 2.05) is 18.2 Å². The van der Waals surface area contributed by atoms with Crippen LogP contribution in [-0.4, -0.2) is 49.5 Å². The van der Waals surface area contributed by atoms with Crippen LogP contribution in [0.25, 0.3) is 0 Å². The van der Waals surface area contributed by atoms with E-state index in [-0.39, 0.29) is 17.4 Å². The molecule has 0 saturated heterocycles. The molecular formula is C25H34N2O4. The summed E-state index contributed by atoms with van der Waals surface area (Å²) in [6, 6.07) is 13.2. The maximum absolute atomic E-state index is 10.1. The van der Waals surface area contributed by atoms with Gasteiger partial charge < -0.3 is 24.6 Å². The minimum Gasteiger partial charge on any atom is -0.504 e. The highest BCUT2D eigenvalue weighted by Crippen LogP contribution is 2.40. The third kappa shape index (κ3) is 5.83. The lowest BCUT2D eigenvalue weighted by atomic mass is 9.69. The molecule has 0 saturated carbocycles. The van der Waals surface area contributed by atoms with Gasteiger partial charge in [0.1, 0.15) is 0 Å². The molecule has 2 N–H and O–H groups in total. The maximum atomic E-state index is 10.1. The van der Waals surface area contributed by atoms with E-state index in [0.717, 1.165) is 37.1 Å². The Hall–Kier alpha value is -2.91. The van der Waals surface area contributed by atoms with Crippen LogP contribution < -0.4 is 9.47 Å². The second kappa shape index (κ2) is 10.9. The topological polar surface area (TPSA) is 86.0 Å². The molecule has 31 heavy (non-hydrogen) atoms. The van der Waals surface area contributed by atoms with E-state index in [1.54, 1.807) is 25.3 Å². The van der Waals surface area contributed by atoms with Gasteiger partial charge in [-0.3, -0.25) is 0 Å². The SMILES string of the molecule is COc1cc(CCN(C)CCCC(C#N)(c2ccc(O)c(OC)c2)C(C)C)ccc1O. The summed E-state index contributed by atoms with van der Waals surface area (Å²) in [6.07, 6.45) is 2.42. The number of likely N-dealkylation sites (N-methyl/N-ethyl adjacent to an activating group) is 1. The van der Waals surface area contributed by atoms with Crippen molar-refractivity contribution >= 4 is 0 Å². The van der Waals surface area contributed by atoms with Crippen LogP contribution in [0.1, 0.15) is 37.8 Å². The lowest BCUT2D eigenvalue weighted by Crippen LogP contribution is -2.32. The van der Waals surface area contributed by atoms with Crippen LogP contribution in [0.5, 0.6) is 23.0 Å². The van der Waals surface area contributed by atoms with Crippen molar-refractivity contribution in [3.8, 4) is 29.1 Å². The molecule has 0 aliphatic rings. The summed E-state index contributed by atoms with van der Waals surface area (Å²) in [6.45, 7) is 5.84. The van der Waals surface area contributed by atoms with Crippen molar-refractivity contribution in [2.75, 3.05) is 34.4 Å². The van der Waals surface area contributed by atoms with Gasteiger partial charge in [0.15, 0.2) is 23.0 Å². The van der Waals surface area contributed by atoms with Gasteiger partial charge in [-0.25, -0.2) is 0 Å². The summed E-state index contributed by atoms with van der Waals surface area (Å²) >= 11 is 0. The number of ether oxygens (including phenoxy) is 2. The standard InChI is InChI=1S/C25H34N2O4/c1-18(2)25(17-26,20-8-10-22(29)24(16-20)31-5)12-6-13-27(3)14-11-19-7-9-21(28)23(15-19)30-4/h7-10,15-16,18,28-29H,6,11-14H2,1-5H3. The molecule has 0 heterocycles. The number of hydrogen-bond acceptors (Lipinski definition) is 6. The summed E-state index contributed by atoms with van der Waals surface area (Å²) < 4.78 is 10.4. The van der Waals surface area contributed by atoms with Gasteiger partial charge in [-0.15, -0.1) is 0 Å². The highest BCUT2D eigenvalue weighted by Gasteiger charge is 2.36. The zero-order chi connectivity index (χ0) is 23.0. The molecule has 0 aliphatic carbocycles. The fraction of sp³-hybridized carbons (Fsp3) is 0.480. The summed E-state index contributed by atoms with van der Waals surface area (Å²) in [5.41, 5.74) is 1.33. The average molecular weight is 427 g/mol. The zero-order valence-corrected chi connectivity index (χ0v) is 19.2. The predicted octanol–water partition coefficient (Wildman–Crippen LogP) is 4.49. The van der Waals surface area contributed by atoms with E-state index in [9.17, 15) is 15.5 Å². The first kappa shape index (κ1) is 24.4. The van der Waals surface area contributed by atoms with Crippen molar-refractivity contribution in [2.24, 2.45) is 5.92 Å². The van der Waals surface area contributed by atoms with Gasteiger partial charge in [-0.1, -0.05) is 26.0 Å². The Morgan fingerprint density at radius 3 is 2.19 bits per heavy atom. The molecule has 0 radical (unpaired) electrons. The summed E-state index contributed by atoms with van der Waals surface area (Å²) in [7, 11) is 5.14. The van der Waals surface area contributed by atoms with E-state index >= 15 is 0 Å². The van der Waals surface area contributed by atoms with Crippen molar-refractivity contribution in [3.05, 3.63) is 47.5 Å². The van der Waals surface area contributed by atoms with Crippen molar-refractivity contribution in [3.63, 3.8) is 0 Å². The highest BCUT2D eigenvalue weighted by molar-refractivity contribution is 5.46. The normalized spacial score (nSPS) is 13.1.